The van der Waals surface area contributed by atoms with Crippen LogP contribution in [0.15, 0.2) is 67.3 Å². The van der Waals surface area contributed by atoms with Gasteiger partial charge in [-0.2, -0.15) is 0 Å². The molecule has 1 aromatic heterocycles. The molecule has 30 heavy (non-hydrogen) atoms. The van der Waals surface area contributed by atoms with E-state index >= 15 is 0 Å². The second-order valence-corrected chi connectivity index (χ2v) is 7.96. The molecule has 3 aromatic rings. The third kappa shape index (κ3) is 4.90. The number of carbonyl (C=O) groups is 1. The number of urea groups is 1. The van der Waals surface area contributed by atoms with Gasteiger partial charge in [0, 0.05) is 59.9 Å². The van der Waals surface area contributed by atoms with Crippen molar-refractivity contribution in [3.05, 3.63) is 88.4 Å². The van der Waals surface area contributed by atoms with Crippen molar-refractivity contribution >= 4 is 34.9 Å². The summed E-state index contributed by atoms with van der Waals surface area (Å²) in [6.45, 7) is 2.71. The van der Waals surface area contributed by atoms with Gasteiger partial charge in [0.05, 0.1) is 6.04 Å². The maximum atomic E-state index is 12.6. The molecule has 4 rings (SSSR count). The van der Waals surface area contributed by atoms with E-state index in [2.05, 4.69) is 20.2 Å². The van der Waals surface area contributed by atoms with Crippen LogP contribution in [0.3, 0.4) is 0 Å². The minimum Gasteiger partial charge on any atom is -0.322 e. The molecule has 1 unspecified atom stereocenters. The summed E-state index contributed by atoms with van der Waals surface area (Å²) in [6, 6.07) is 14.8. The molecule has 1 aliphatic heterocycles. The van der Waals surface area contributed by atoms with Crippen molar-refractivity contribution < 1.29 is 4.79 Å². The lowest BCUT2D eigenvalue weighted by molar-refractivity contribution is 0.126. The first-order valence-corrected chi connectivity index (χ1v) is 10.4. The van der Waals surface area contributed by atoms with Gasteiger partial charge in [-0.05, 0) is 42.0 Å². The van der Waals surface area contributed by atoms with Crippen molar-refractivity contribution in [2.75, 3.05) is 31.5 Å². The Hall–Kier alpha value is -2.67. The van der Waals surface area contributed by atoms with E-state index < -0.39 is 0 Å². The van der Waals surface area contributed by atoms with Crippen LogP contribution in [0.5, 0.6) is 0 Å². The lowest BCUT2D eigenvalue weighted by atomic mass is 9.98. The molecule has 2 heterocycles. The summed E-state index contributed by atoms with van der Waals surface area (Å²) in [6.07, 6.45) is 5.21. The Morgan fingerprint density at radius 2 is 1.40 bits per heavy atom. The number of hydrogen-bond donors (Lipinski definition) is 1. The molecule has 8 heteroatoms. The maximum Gasteiger partial charge on any atom is 0.321 e. The molecule has 2 amide bonds. The van der Waals surface area contributed by atoms with Gasteiger partial charge >= 0.3 is 6.03 Å². The minimum atomic E-state index is -0.108. The fourth-order valence-electron chi connectivity index (χ4n) is 3.63. The number of piperazine rings is 1. The summed E-state index contributed by atoms with van der Waals surface area (Å²) in [4.78, 5) is 25.2. The monoisotopic (exact) mass is 441 g/mol. The molecule has 0 saturated carbocycles. The molecule has 2 aromatic carbocycles. The summed E-state index contributed by atoms with van der Waals surface area (Å²) in [5.74, 6) is 0. The SMILES string of the molecule is O=C(Nc1ccc(Cl)cc1)N1CCN(C(c2ccc(Cl)cc2)c2cncnc2)CC1. The second-order valence-electron chi connectivity index (χ2n) is 7.09. The summed E-state index contributed by atoms with van der Waals surface area (Å²) in [5.41, 5.74) is 2.86. The highest BCUT2D eigenvalue weighted by atomic mass is 35.5. The van der Waals surface area contributed by atoms with Gasteiger partial charge in [-0.25, -0.2) is 14.8 Å². The summed E-state index contributed by atoms with van der Waals surface area (Å²) >= 11 is 12.0. The van der Waals surface area contributed by atoms with Crippen molar-refractivity contribution in [1.82, 2.24) is 19.8 Å². The fourth-order valence-corrected chi connectivity index (χ4v) is 3.88. The van der Waals surface area contributed by atoms with Gasteiger partial charge in [-0.1, -0.05) is 35.3 Å². The first-order chi connectivity index (χ1) is 14.6. The Balaban J connectivity index is 1.45. The highest BCUT2D eigenvalue weighted by Crippen LogP contribution is 2.29. The van der Waals surface area contributed by atoms with Gasteiger partial charge in [-0.15, -0.1) is 0 Å². The van der Waals surface area contributed by atoms with Crippen molar-refractivity contribution in [2.24, 2.45) is 0 Å². The Kier molecular flexibility index (Phi) is 6.47. The first-order valence-electron chi connectivity index (χ1n) is 9.66. The van der Waals surface area contributed by atoms with Crippen LogP contribution in [0.1, 0.15) is 17.2 Å². The Morgan fingerprint density at radius 3 is 2.00 bits per heavy atom. The van der Waals surface area contributed by atoms with Crippen molar-refractivity contribution in [1.29, 1.82) is 0 Å². The van der Waals surface area contributed by atoms with Gasteiger partial charge in [0.2, 0.25) is 0 Å². The van der Waals surface area contributed by atoms with E-state index in [1.165, 1.54) is 6.33 Å². The summed E-state index contributed by atoms with van der Waals surface area (Å²) in [7, 11) is 0. The Bertz CT molecular complexity index is 975. The molecule has 0 radical (unpaired) electrons. The molecule has 1 fully saturated rings. The minimum absolute atomic E-state index is 0.00458. The van der Waals surface area contributed by atoms with Crippen LogP contribution in [0.2, 0.25) is 10.0 Å². The van der Waals surface area contributed by atoms with Gasteiger partial charge in [-0.3, -0.25) is 4.90 Å². The number of nitrogens with zero attached hydrogens (tertiary/aromatic N) is 4. The standard InChI is InChI=1S/C22H21Cl2N5O/c23-18-3-1-16(2-4-18)21(17-13-25-15-26-14-17)28-9-11-29(12-10-28)22(30)27-20-7-5-19(24)6-8-20/h1-8,13-15,21H,9-12H2,(H,27,30). The van der Waals surface area contributed by atoms with Crippen LogP contribution in [0.4, 0.5) is 10.5 Å². The molecule has 154 valence electrons. The molecule has 6 nitrogen and oxygen atoms in total. The quantitative estimate of drug-likeness (QED) is 0.635. The predicted molar refractivity (Wildman–Crippen MR) is 119 cm³/mol. The predicted octanol–water partition coefficient (Wildman–Crippen LogP) is 4.72. The molecule has 0 spiro atoms. The highest BCUT2D eigenvalue weighted by Gasteiger charge is 2.28. The number of hydrogen-bond acceptors (Lipinski definition) is 4. The van der Waals surface area contributed by atoms with Crippen LogP contribution in [0, 0.1) is 0 Å². The topological polar surface area (TPSA) is 61.4 Å². The molecular weight excluding hydrogens is 421 g/mol. The molecule has 1 saturated heterocycles. The normalized spacial score (nSPS) is 15.6. The van der Waals surface area contributed by atoms with Crippen molar-refractivity contribution in [3.8, 4) is 0 Å². The van der Waals surface area contributed by atoms with Crippen LogP contribution < -0.4 is 5.32 Å². The number of anilines is 1. The number of halogens is 2. The third-order valence-electron chi connectivity index (χ3n) is 5.14. The average Bonchev–Trinajstić information content (AvgIpc) is 2.78. The largest absolute Gasteiger partial charge is 0.322 e. The van der Waals surface area contributed by atoms with Gasteiger partial charge in [0.25, 0.3) is 0 Å². The van der Waals surface area contributed by atoms with E-state index in [4.69, 9.17) is 23.2 Å². The third-order valence-corrected chi connectivity index (χ3v) is 5.65. The van der Waals surface area contributed by atoms with Crippen LogP contribution in [-0.2, 0) is 0 Å². The number of benzene rings is 2. The van der Waals surface area contributed by atoms with E-state index in [1.54, 1.807) is 24.3 Å². The van der Waals surface area contributed by atoms with E-state index in [9.17, 15) is 4.79 Å². The van der Waals surface area contributed by atoms with Crippen molar-refractivity contribution in [3.63, 3.8) is 0 Å². The van der Waals surface area contributed by atoms with E-state index in [0.29, 0.717) is 23.1 Å². The molecule has 1 N–H and O–H groups in total. The van der Waals surface area contributed by atoms with E-state index in [1.807, 2.05) is 41.6 Å². The van der Waals surface area contributed by atoms with Crippen LogP contribution in [-0.4, -0.2) is 52.0 Å². The Morgan fingerprint density at radius 1 is 0.833 bits per heavy atom. The van der Waals surface area contributed by atoms with E-state index in [0.717, 1.165) is 29.9 Å². The first kappa shape index (κ1) is 20.6. The zero-order valence-corrected chi connectivity index (χ0v) is 17.7. The van der Waals surface area contributed by atoms with Gasteiger partial charge in [0.15, 0.2) is 0 Å². The molecule has 0 aliphatic carbocycles. The summed E-state index contributed by atoms with van der Waals surface area (Å²) in [5, 5.41) is 4.27. The van der Waals surface area contributed by atoms with Crippen LogP contribution in [0.25, 0.3) is 0 Å². The van der Waals surface area contributed by atoms with E-state index in [-0.39, 0.29) is 12.1 Å². The number of rotatable bonds is 4. The highest BCUT2D eigenvalue weighted by molar-refractivity contribution is 6.30. The number of amides is 2. The molecule has 1 atom stereocenters. The Labute approximate surface area is 185 Å². The maximum absolute atomic E-state index is 12.6. The van der Waals surface area contributed by atoms with Gasteiger partial charge in [0.1, 0.15) is 6.33 Å². The number of carbonyl (C=O) groups excluding carboxylic acids is 1. The average molecular weight is 442 g/mol. The number of aromatic nitrogens is 2. The zero-order chi connectivity index (χ0) is 20.9. The zero-order valence-electron chi connectivity index (χ0n) is 16.2. The second kappa shape index (κ2) is 9.43. The van der Waals surface area contributed by atoms with Crippen molar-refractivity contribution in [2.45, 2.75) is 6.04 Å². The van der Waals surface area contributed by atoms with Gasteiger partial charge < -0.3 is 10.2 Å². The molecule has 0 bridgehead atoms. The lowest BCUT2D eigenvalue weighted by Gasteiger charge is -2.39. The summed E-state index contributed by atoms with van der Waals surface area (Å²) < 4.78 is 0. The fraction of sp³-hybridized carbons (Fsp3) is 0.227. The lowest BCUT2D eigenvalue weighted by Crippen LogP contribution is -2.51. The number of nitrogens with one attached hydrogen (secondary N) is 1. The molecular formula is C22H21Cl2N5O. The molecule has 1 aliphatic rings. The van der Waals surface area contributed by atoms with Crippen LogP contribution >= 0.6 is 23.2 Å². The smallest absolute Gasteiger partial charge is 0.321 e.